The van der Waals surface area contributed by atoms with E-state index in [0.29, 0.717) is 5.92 Å². The topological polar surface area (TPSA) is 20.3 Å². The number of fused-ring (bicyclic) bond motifs is 1. The minimum Gasteiger partial charge on any atom is -0.338 e. The third-order valence-corrected chi connectivity index (χ3v) is 3.89. The number of carbonyl (C=O) groups is 1. The van der Waals surface area contributed by atoms with Crippen molar-refractivity contribution in [2.45, 2.75) is 26.7 Å². The summed E-state index contributed by atoms with van der Waals surface area (Å²) in [4.78, 5) is 14.3. The first-order chi connectivity index (χ1) is 8.08. The predicted molar refractivity (Wildman–Crippen MR) is 78.2 cm³/mol. The van der Waals surface area contributed by atoms with E-state index in [1.807, 2.05) is 11.0 Å². The van der Waals surface area contributed by atoms with Gasteiger partial charge in [0, 0.05) is 22.2 Å². The lowest BCUT2D eigenvalue weighted by Crippen LogP contribution is -2.38. The highest BCUT2D eigenvalue weighted by atomic mass is 127. The molecule has 3 heteroatoms. The Morgan fingerprint density at radius 3 is 2.88 bits per heavy atom. The van der Waals surface area contributed by atoms with Gasteiger partial charge in [-0.25, -0.2) is 0 Å². The van der Waals surface area contributed by atoms with Crippen molar-refractivity contribution < 1.29 is 4.79 Å². The lowest BCUT2D eigenvalue weighted by atomic mass is 9.98. The van der Waals surface area contributed by atoms with Gasteiger partial charge in [-0.15, -0.1) is 0 Å². The van der Waals surface area contributed by atoms with Gasteiger partial charge < -0.3 is 4.90 Å². The second-order valence-electron chi connectivity index (χ2n) is 5.03. The molecule has 1 aliphatic heterocycles. The Labute approximate surface area is 117 Å². The first kappa shape index (κ1) is 12.9. The van der Waals surface area contributed by atoms with E-state index in [9.17, 15) is 4.79 Å². The summed E-state index contributed by atoms with van der Waals surface area (Å²) in [5.41, 5.74) is 2.11. The van der Waals surface area contributed by atoms with Crippen LogP contribution >= 0.6 is 22.6 Å². The number of carbonyl (C=O) groups excluding carboxylic acids is 1. The van der Waals surface area contributed by atoms with Crippen LogP contribution in [0, 0.1) is 9.49 Å². The van der Waals surface area contributed by atoms with Crippen LogP contribution in [0.4, 0.5) is 0 Å². The van der Waals surface area contributed by atoms with Crippen LogP contribution < -0.4 is 0 Å². The molecular weight excluding hydrogens is 325 g/mol. The van der Waals surface area contributed by atoms with Crippen LogP contribution in [0.15, 0.2) is 18.2 Å². The summed E-state index contributed by atoms with van der Waals surface area (Å²) < 4.78 is 1.14. The van der Waals surface area contributed by atoms with Gasteiger partial charge >= 0.3 is 0 Å². The molecule has 0 unspecified atom stereocenters. The van der Waals surface area contributed by atoms with Crippen LogP contribution in [0.1, 0.15) is 36.2 Å². The molecule has 2 nitrogen and oxygen atoms in total. The zero-order valence-electron chi connectivity index (χ0n) is 10.4. The van der Waals surface area contributed by atoms with Gasteiger partial charge in [-0.1, -0.05) is 19.9 Å². The lowest BCUT2D eigenvalue weighted by molar-refractivity contribution is 0.0732. The largest absolute Gasteiger partial charge is 0.338 e. The van der Waals surface area contributed by atoms with Gasteiger partial charge in [0.25, 0.3) is 5.91 Å². The number of nitrogens with zero attached hydrogens (tertiary/aromatic N) is 1. The Balaban J connectivity index is 2.15. The molecule has 0 fully saturated rings. The number of rotatable bonds is 3. The summed E-state index contributed by atoms with van der Waals surface area (Å²) in [5.74, 6) is 0.866. The standard InChI is InChI=1S/C14H18INO/c1-10(2)5-7-16-8-6-11-3-4-12(15)9-13(11)14(16)17/h3-4,9-10H,5-8H2,1-2H3. The lowest BCUT2D eigenvalue weighted by Gasteiger charge is -2.29. The fraction of sp³-hybridized carbons (Fsp3) is 0.500. The minimum absolute atomic E-state index is 0.213. The van der Waals surface area contributed by atoms with E-state index in [-0.39, 0.29) is 5.91 Å². The van der Waals surface area contributed by atoms with Gasteiger partial charge in [-0.2, -0.15) is 0 Å². The SMILES string of the molecule is CC(C)CCN1CCc2ccc(I)cc2C1=O. The molecule has 0 atom stereocenters. The summed E-state index contributed by atoms with van der Waals surface area (Å²) in [6.45, 7) is 6.16. The monoisotopic (exact) mass is 343 g/mol. The zero-order valence-corrected chi connectivity index (χ0v) is 12.5. The van der Waals surface area contributed by atoms with Crippen LogP contribution in [-0.2, 0) is 6.42 Å². The molecule has 0 saturated carbocycles. The fourth-order valence-corrected chi connectivity index (χ4v) is 2.61. The second kappa shape index (κ2) is 5.38. The molecule has 92 valence electrons. The molecule has 0 spiro atoms. The molecule has 0 N–H and O–H groups in total. The normalized spacial score (nSPS) is 15.3. The van der Waals surface area contributed by atoms with Gasteiger partial charge in [0.1, 0.15) is 0 Å². The maximum Gasteiger partial charge on any atom is 0.254 e. The minimum atomic E-state index is 0.213. The summed E-state index contributed by atoms with van der Waals surface area (Å²) >= 11 is 2.26. The van der Waals surface area contributed by atoms with Crippen molar-refractivity contribution in [2.75, 3.05) is 13.1 Å². The van der Waals surface area contributed by atoms with Crippen molar-refractivity contribution in [3.8, 4) is 0 Å². The Kier molecular flexibility index (Phi) is 4.07. The highest BCUT2D eigenvalue weighted by molar-refractivity contribution is 14.1. The highest BCUT2D eigenvalue weighted by Crippen LogP contribution is 2.21. The molecule has 1 aromatic rings. The van der Waals surface area contributed by atoms with Crippen molar-refractivity contribution >= 4 is 28.5 Å². The van der Waals surface area contributed by atoms with E-state index in [4.69, 9.17) is 0 Å². The molecule has 0 aromatic heterocycles. The van der Waals surface area contributed by atoms with Gasteiger partial charge in [0.15, 0.2) is 0 Å². The summed E-state index contributed by atoms with van der Waals surface area (Å²) in [7, 11) is 0. The quantitative estimate of drug-likeness (QED) is 0.771. The summed E-state index contributed by atoms with van der Waals surface area (Å²) in [6.07, 6.45) is 2.08. The van der Waals surface area contributed by atoms with E-state index in [2.05, 4.69) is 48.6 Å². The Bertz CT molecular complexity index is 428. The smallest absolute Gasteiger partial charge is 0.254 e. The maximum absolute atomic E-state index is 12.3. The zero-order chi connectivity index (χ0) is 12.4. The fourth-order valence-electron chi connectivity index (χ4n) is 2.12. The highest BCUT2D eigenvalue weighted by Gasteiger charge is 2.23. The van der Waals surface area contributed by atoms with Crippen LogP contribution in [0.25, 0.3) is 0 Å². The second-order valence-corrected chi connectivity index (χ2v) is 6.27. The molecule has 1 amide bonds. The van der Waals surface area contributed by atoms with Crippen molar-refractivity contribution in [1.82, 2.24) is 4.90 Å². The average molecular weight is 343 g/mol. The third-order valence-electron chi connectivity index (χ3n) is 3.22. The van der Waals surface area contributed by atoms with Crippen LogP contribution in [0.2, 0.25) is 0 Å². The molecule has 0 aliphatic carbocycles. The van der Waals surface area contributed by atoms with Crippen molar-refractivity contribution in [1.29, 1.82) is 0 Å². The maximum atomic E-state index is 12.3. The predicted octanol–water partition coefficient (Wildman–Crippen LogP) is 3.34. The third kappa shape index (κ3) is 3.00. The number of hydrogen-bond acceptors (Lipinski definition) is 1. The molecule has 0 saturated heterocycles. The Morgan fingerprint density at radius 2 is 2.18 bits per heavy atom. The van der Waals surface area contributed by atoms with Crippen molar-refractivity contribution in [2.24, 2.45) is 5.92 Å². The first-order valence-corrected chi connectivity index (χ1v) is 7.23. The molecule has 1 heterocycles. The molecular formula is C14H18INO. The van der Waals surface area contributed by atoms with Gasteiger partial charge in [0.2, 0.25) is 0 Å². The number of hydrogen-bond donors (Lipinski definition) is 0. The van der Waals surface area contributed by atoms with Gasteiger partial charge in [0.05, 0.1) is 0 Å². The molecule has 17 heavy (non-hydrogen) atoms. The van der Waals surface area contributed by atoms with E-state index >= 15 is 0 Å². The molecule has 1 aromatic carbocycles. The summed E-state index contributed by atoms with van der Waals surface area (Å²) in [6, 6.07) is 6.19. The van der Waals surface area contributed by atoms with E-state index in [0.717, 1.165) is 35.1 Å². The van der Waals surface area contributed by atoms with Gasteiger partial charge in [-0.3, -0.25) is 4.79 Å². The molecule has 1 aliphatic rings. The molecule has 2 rings (SSSR count). The van der Waals surface area contributed by atoms with E-state index < -0.39 is 0 Å². The number of halogens is 1. The average Bonchev–Trinajstić information content (AvgIpc) is 2.29. The van der Waals surface area contributed by atoms with E-state index in [1.165, 1.54) is 5.56 Å². The van der Waals surface area contributed by atoms with Crippen molar-refractivity contribution in [3.63, 3.8) is 0 Å². The van der Waals surface area contributed by atoms with Crippen LogP contribution in [0.5, 0.6) is 0 Å². The summed E-state index contributed by atoms with van der Waals surface area (Å²) in [5, 5.41) is 0. The molecule has 0 radical (unpaired) electrons. The van der Waals surface area contributed by atoms with E-state index in [1.54, 1.807) is 0 Å². The number of amides is 1. The Hall–Kier alpha value is -0.580. The number of benzene rings is 1. The van der Waals surface area contributed by atoms with Gasteiger partial charge in [-0.05, 0) is 59.0 Å². The van der Waals surface area contributed by atoms with Crippen LogP contribution in [0.3, 0.4) is 0 Å². The van der Waals surface area contributed by atoms with Crippen LogP contribution in [-0.4, -0.2) is 23.9 Å². The van der Waals surface area contributed by atoms with Crippen molar-refractivity contribution in [3.05, 3.63) is 32.9 Å². The Morgan fingerprint density at radius 1 is 1.41 bits per heavy atom. The molecule has 0 bridgehead atoms. The first-order valence-electron chi connectivity index (χ1n) is 6.15.